The van der Waals surface area contributed by atoms with Gasteiger partial charge in [-0.1, -0.05) is 25.1 Å². The lowest BCUT2D eigenvalue weighted by atomic mass is 10.1. The highest BCUT2D eigenvalue weighted by Crippen LogP contribution is 2.26. The third-order valence-corrected chi connectivity index (χ3v) is 3.22. The number of hydrogen-bond acceptors (Lipinski definition) is 3. The number of rotatable bonds is 5. The molecule has 0 bridgehead atoms. The Hall–Kier alpha value is -2.00. The van der Waals surface area contributed by atoms with Gasteiger partial charge < -0.3 is 14.7 Å². The van der Waals surface area contributed by atoms with E-state index in [1.807, 2.05) is 74.4 Å². The normalized spacial score (nSPS) is 12.0. The fourth-order valence-electron chi connectivity index (χ4n) is 1.95. The van der Waals surface area contributed by atoms with Crippen LogP contribution in [0, 0.1) is 0 Å². The Morgan fingerprint density at radius 2 is 1.75 bits per heavy atom. The zero-order valence-electron chi connectivity index (χ0n) is 12.2. The van der Waals surface area contributed by atoms with Crippen LogP contribution in [0.25, 0.3) is 0 Å². The molecule has 0 aliphatic heterocycles. The summed E-state index contributed by atoms with van der Waals surface area (Å²) in [5.74, 6) is 1.58. The molecule has 0 aliphatic carbocycles. The van der Waals surface area contributed by atoms with Crippen LogP contribution in [0.2, 0.25) is 0 Å². The molecule has 3 nitrogen and oxygen atoms in total. The molecule has 1 N–H and O–H groups in total. The van der Waals surface area contributed by atoms with Gasteiger partial charge in [0.2, 0.25) is 0 Å². The highest BCUT2D eigenvalue weighted by molar-refractivity contribution is 5.50. The van der Waals surface area contributed by atoms with Crippen LogP contribution < -0.4 is 9.64 Å². The van der Waals surface area contributed by atoms with E-state index in [0.717, 1.165) is 22.7 Å². The van der Waals surface area contributed by atoms with Crippen molar-refractivity contribution in [2.24, 2.45) is 0 Å². The first-order chi connectivity index (χ1) is 9.60. The Labute approximate surface area is 120 Å². The molecule has 1 atom stereocenters. The van der Waals surface area contributed by atoms with E-state index >= 15 is 0 Å². The molecule has 0 unspecified atom stereocenters. The summed E-state index contributed by atoms with van der Waals surface area (Å²) in [4.78, 5) is 2.04. The molecule has 0 spiro atoms. The van der Waals surface area contributed by atoms with Crippen LogP contribution in [0.15, 0.2) is 48.5 Å². The number of aliphatic hydroxyl groups is 1. The van der Waals surface area contributed by atoms with Gasteiger partial charge in [-0.25, -0.2) is 0 Å². The first-order valence-electron chi connectivity index (χ1n) is 6.83. The topological polar surface area (TPSA) is 32.7 Å². The maximum atomic E-state index is 9.76. The van der Waals surface area contributed by atoms with Crippen molar-refractivity contribution in [3.8, 4) is 11.5 Å². The monoisotopic (exact) mass is 271 g/mol. The van der Waals surface area contributed by atoms with Gasteiger partial charge in [0.05, 0.1) is 6.10 Å². The van der Waals surface area contributed by atoms with E-state index in [-0.39, 0.29) is 0 Å². The van der Waals surface area contributed by atoms with E-state index in [2.05, 4.69) is 0 Å². The Balaban J connectivity index is 2.12. The van der Waals surface area contributed by atoms with Gasteiger partial charge in [-0.15, -0.1) is 0 Å². The smallest absolute Gasteiger partial charge is 0.129 e. The Morgan fingerprint density at radius 1 is 1.05 bits per heavy atom. The maximum absolute atomic E-state index is 9.76. The van der Waals surface area contributed by atoms with Crippen LogP contribution in [-0.2, 0) is 0 Å². The molecule has 0 aliphatic rings. The molecule has 3 heteroatoms. The summed E-state index contributed by atoms with van der Waals surface area (Å²) in [6.07, 6.45) is 0.312. The van der Waals surface area contributed by atoms with Crippen LogP contribution >= 0.6 is 0 Å². The van der Waals surface area contributed by atoms with Crippen LogP contribution in [0.1, 0.15) is 25.0 Å². The Kier molecular flexibility index (Phi) is 4.64. The first kappa shape index (κ1) is 14.4. The molecule has 0 saturated carbocycles. The molecule has 0 radical (unpaired) electrons. The van der Waals surface area contributed by atoms with Gasteiger partial charge in [0.1, 0.15) is 11.5 Å². The summed E-state index contributed by atoms with van der Waals surface area (Å²) in [6.45, 7) is 1.96. The number of anilines is 1. The average molecular weight is 271 g/mol. The Morgan fingerprint density at radius 3 is 2.35 bits per heavy atom. The van der Waals surface area contributed by atoms with Crippen molar-refractivity contribution < 1.29 is 9.84 Å². The van der Waals surface area contributed by atoms with Crippen LogP contribution in [0.4, 0.5) is 5.69 Å². The standard InChI is InChI=1S/C17H21NO2/c1-4-17(19)13-8-10-15(11-9-13)20-16-7-5-6-14(12-16)18(2)3/h5-12,17,19H,4H2,1-3H3/t17-/m0/s1. The summed E-state index contributed by atoms with van der Waals surface area (Å²) in [7, 11) is 4.00. The van der Waals surface area contributed by atoms with Gasteiger partial charge in [-0.05, 0) is 36.2 Å². The van der Waals surface area contributed by atoms with Gasteiger partial charge in [-0.2, -0.15) is 0 Å². The second kappa shape index (κ2) is 6.44. The molecule has 0 fully saturated rings. The lowest BCUT2D eigenvalue weighted by Crippen LogP contribution is -2.08. The second-order valence-electron chi connectivity index (χ2n) is 4.99. The average Bonchev–Trinajstić information content (AvgIpc) is 2.47. The van der Waals surface area contributed by atoms with Crippen molar-refractivity contribution in [1.82, 2.24) is 0 Å². The number of aliphatic hydroxyl groups excluding tert-OH is 1. The molecule has 0 saturated heterocycles. The SMILES string of the molecule is CC[C@H](O)c1ccc(Oc2cccc(N(C)C)c2)cc1. The minimum Gasteiger partial charge on any atom is -0.457 e. The van der Waals surface area contributed by atoms with E-state index in [4.69, 9.17) is 4.74 Å². The van der Waals surface area contributed by atoms with Crippen molar-refractivity contribution in [2.75, 3.05) is 19.0 Å². The maximum Gasteiger partial charge on any atom is 0.129 e. The van der Waals surface area contributed by atoms with Gasteiger partial charge in [0.25, 0.3) is 0 Å². The van der Waals surface area contributed by atoms with Crippen molar-refractivity contribution in [1.29, 1.82) is 0 Å². The number of nitrogens with zero attached hydrogens (tertiary/aromatic N) is 1. The molecular formula is C17H21NO2. The van der Waals surface area contributed by atoms with Gasteiger partial charge in [0.15, 0.2) is 0 Å². The predicted octanol–water partition coefficient (Wildman–Crippen LogP) is 3.99. The van der Waals surface area contributed by atoms with Gasteiger partial charge >= 0.3 is 0 Å². The lowest BCUT2D eigenvalue weighted by Gasteiger charge is -2.14. The largest absolute Gasteiger partial charge is 0.457 e. The van der Waals surface area contributed by atoms with Crippen LogP contribution in [-0.4, -0.2) is 19.2 Å². The summed E-state index contributed by atoms with van der Waals surface area (Å²) in [6, 6.07) is 15.5. The van der Waals surface area contributed by atoms with Gasteiger partial charge in [0, 0.05) is 25.8 Å². The third-order valence-electron chi connectivity index (χ3n) is 3.22. The molecule has 0 heterocycles. The molecule has 106 valence electrons. The highest BCUT2D eigenvalue weighted by Gasteiger charge is 2.05. The van der Waals surface area contributed by atoms with Crippen molar-refractivity contribution in [2.45, 2.75) is 19.4 Å². The van der Waals surface area contributed by atoms with E-state index in [0.29, 0.717) is 6.42 Å². The zero-order valence-corrected chi connectivity index (χ0v) is 12.2. The number of hydrogen-bond donors (Lipinski definition) is 1. The quantitative estimate of drug-likeness (QED) is 0.892. The van der Waals surface area contributed by atoms with Crippen LogP contribution in [0.5, 0.6) is 11.5 Å². The summed E-state index contributed by atoms with van der Waals surface area (Å²) < 4.78 is 5.83. The minimum atomic E-state index is -0.402. The molecule has 2 aromatic rings. The fourth-order valence-corrected chi connectivity index (χ4v) is 1.95. The predicted molar refractivity (Wildman–Crippen MR) is 82.5 cm³/mol. The number of ether oxygens (including phenoxy) is 1. The molecule has 0 aromatic heterocycles. The minimum absolute atomic E-state index is 0.402. The van der Waals surface area contributed by atoms with Crippen molar-refractivity contribution >= 4 is 5.69 Å². The van der Waals surface area contributed by atoms with Gasteiger partial charge in [-0.3, -0.25) is 0 Å². The molecular weight excluding hydrogens is 250 g/mol. The summed E-state index contributed by atoms with van der Waals surface area (Å²) >= 11 is 0. The highest BCUT2D eigenvalue weighted by atomic mass is 16.5. The van der Waals surface area contributed by atoms with Crippen molar-refractivity contribution in [3.05, 3.63) is 54.1 Å². The third kappa shape index (κ3) is 3.52. The van der Waals surface area contributed by atoms with E-state index < -0.39 is 6.10 Å². The first-order valence-corrected chi connectivity index (χ1v) is 6.83. The van der Waals surface area contributed by atoms with Crippen molar-refractivity contribution in [3.63, 3.8) is 0 Å². The molecule has 2 rings (SSSR count). The zero-order chi connectivity index (χ0) is 14.5. The summed E-state index contributed by atoms with van der Waals surface area (Å²) in [5, 5.41) is 9.76. The number of benzene rings is 2. The Bertz CT molecular complexity index is 549. The lowest BCUT2D eigenvalue weighted by molar-refractivity contribution is 0.173. The van der Waals surface area contributed by atoms with E-state index in [1.165, 1.54) is 0 Å². The molecule has 0 amide bonds. The fraction of sp³-hybridized carbons (Fsp3) is 0.294. The molecule has 20 heavy (non-hydrogen) atoms. The second-order valence-corrected chi connectivity index (χ2v) is 4.99. The summed E-state index contributed by atoms with van der Waals surface area (Å²) in [5.41, 5.74) is 2.02. The van der Waals surface area contributed by atoms with Crippen LogP contribution in [0.3, 0.4) is 0 Å². The van der Waals surface area contributed by atoms with E-state index in [9.17, 15) is 5.11 Å². The molecule has 2 aromatic carbocycles. The van der Waals surface area contributed by atoms with E-state index in [1.54, 1.807) is 0 Å².